The van der Waals surface area contributed by atoms with Gasteiger partial charge < -0.3 is 14.4 Å². The van der Waals surface area contributed by atoms with Gasteiger partial charge in [-0.3, -0.25) is 4.79 Å². The third-order valence-corrected chi connectivity index (χ3v) is 5.40. The van der Waals surface area contributed by atoms with Gasteiger partial charge in [0.1, 0.15) is 17.4 Å². The number of benzene rings is 2. The lowest BCUT2D eigenvalue weighted by Crippen LogP contribution is -2.33. The van der Waals surface area contributed by atoms with Crippen molar-refractivity contribution in [3.05, 3.63) is 80.8 Å². The molecule has 152 valence electrons. The third-order valence-electron chi connectivity index (χ3n) is 4.28. The molecule has 5 nitrogen and oxygen atoms in total. The first kappa shape index (κ1) is 21.3. The first-order valence-electron chi connectivity index (χ1n) is 9.21. The summed E-state index contributed by atoms with van der Waals surface area (Å²) in [4.78, 5) is 19.3. The first-order chi connectivity index (χ1) is 14.0. The number of nitrogens with zero attached hydrogens (tertiary/aromatic N) is 2. The monoisotopic (exact) mass is 430 g/mol. The quantitative estimate of drug-likeness (QED) is 0.480. The van der Waals surface area contributed by atoms with Gasteiger partial charge in [0.25, 0.3) is 5.91 Å². The Morgan fingerprint density at radius 3 is 2.55 bits per heavy atom. The number of thiazole rings is 1. The summed E-state index contributed by atoms with van der Waals surface area (Å²) in [7, 11) is 1.63. The topological polar surface area (TPSA) is 51.7 Å². The Bertz CT molecular complexity index is 926. The zero-order valence-corrected chi connectivity index (χ0v) is 18.0. The van der Waals surface area contributed by atoms with Crippen molar-refractivity contribution in [3.63, 3.8) is 0 Å². The predicted molar refractivity (Wildman–Crippen MR) is 116 cm³/mol. The van der Waals surface area contributed by atoms with Crippen molar-refractivity contribution in [3.8, 4) is 5.75 Å². The van der Waals surface area contributed by atoms with Crippen molar-refractivity contribution in [2.24, 2.45) is 0 Å². The van der Waals surface area contributed by atoms with Gasteiger partial charge in [-0.15, -0.1) is 11.3 Å². The van der Waals surface area contributed by atoms with Gasteiger partial charge in [0.05, 0.1) is 18.8 Å². The second kappa shape index (κ2) is 10.4. The lowest BCUT2D eigenvalue weighted by molar-refractivity contribution is 0.0678. The smallest absolute Gasteiger partial charge is 0.254 e. The molecule has 0 fully saturated rings. The van der Waals surface area contributed by atoms with Crippen molar-refractivity contribution >= 4 is 28.8 Å². The standard InChI is InChI=1S/C22H23ClN2O3S/c1-16-3-5-17(6-4-16)22(26)25(11-12-27-2)13-19-15-29-21(24-19)14-28-20-9-7-18(23)8-10-20/h3-10,15H,11-14H2,1-2H3. The normalized spacial score (nSPS) is 10.7. The van der Waals surface area contributed by atoms with Crippen molar-refractivity contribution in [2.45, 2.75) is 20.1 Å². The summed E-state index contributed by atoms with van der Waals surface area (Å²) in [5.41, 5.74) is 2.62. The number of hydrogen-bond acceptors (Lipinski definition) is 5. The van der Waals surface area contributed by atoms with Gasteiger partial charge in [0.2, 0.25) is 0 Å². The maximum atomic E-state index is 12.9. The number of hydrogen-bond donors (Lipinski definition) is 0. The molecule has 0 saturated carbocycles. The Hall–Kier alpha value is -2.41. The van der Waals surface area contributed by atoms with E-state index in [2.05, 4.69) is 4.98 Å². The van der Waals surface area contributed by atoms with Crippen LogP contribution in [-0.4, -0.2) is 36.1 Å². The Morgan fingerprint density at radius 1 is 1.14 bits per heavy atom. The lowest BCUT2D eigenvalue weighted by atomic mass is 10.1. The average Bonchev–Trinajstić information content (AvgIpc) is 3.18. The second-order valence-electron chi connectivity index (χ2n) is 6.56. The van der Waals surface area contributed by atoms with Gasteiger partial charge in [0, 0.05) is 29.6 Å². The molecule has 2 aromatic carbocycles. The molecule has 0 saturated heterocycles. The molecule has 1 heterocycles. The summed E-state index contributed by atoms with van der Waals surface area (Å²) in [5.74, 6) is 0.705. The molecule has 0 atom stereocenters. The van der Waals surface area contributed by atoms with Gasteiger partial charge in [0.15, 0.2) is 0 Å². The lowest BCUT2D eigenvalue weighted by Gasteiger charge is -2.21. The maximum absolute atomic E-state index is 12.9. The first-order valence-corrected chi connectivity index (χ1v) is 10.5. The van der Waals surface area contributed by atoms with E-state index in [9.17, 15) is 4.79 Å². The van der Waals surface area contributed by atoms with Crippen LogP contribution in [0.5, 0.6) is 5.75 Å². The van der Waals surface area contributed by atoms with Crippen LogP contribution in [0.1, 0.15) is 26.6 Å². The minimum absolute atomic E-state index is 0.0333. The molecule has 7 heteroatoms. The van der Waals surface area contributed by atoms with E-state index in [-0.39, 0.29) is 5.91 Å². The Kier molecular flexibility index (Phi) is 7.63. The van der Waals surface area contributed by atoms with Crippen LogP contribution in [0.25, 0.3) is 0 Å². The van der Waals surface area contributed by atoms with Crippen molar-refractivity contribution in [1.29, 1.82) is 0 Å². The minimum Gasteiger partial charge on any atom is -0.486 e. The van der Waals surface area contributed by atoms with E-state index in [0.29, 0.717) is 36.9 Å². The number of amides is 1. The van der Waals surface area contributed by atoms with Crippen LogP contribution in [0.4, 0.5) is 0 Å². The molecule has 3 rings (SSSR count). The highest BCUT2D eigenvalue weighted by Crippen LogP contribution is 2.19. The van der Waals surface area contributed by atoms with E-state index in [1.54, 1.807) is 24.1 Å². The highest BCUT2D eigenvalue weighted by Gasteiger charge is 2.17. The van der Waals surface area contributed by atoms with E-state index in [1.807, 2.05) is 48.7 Å². The SMILES string of the molecule is COCCN(Cc1csc(COc2ccc(Cl)cc2)n1)C(=O)c1ccc(C)cc1. The number of aromatic nitrogens is 1. The molecule has 0 N–H and O–H groups in total. The van der Waals surface area contributed by atoms with Gasteiger partial charge in [-0.25, -0.2) is 4.98 Å². The summed E-state index contributed by atoms with van der Waals surface area (Å²) in [6.45, 7) is 3.76. The van der Waals surface area contributed by atoms with Gasteiger partial charge in [-0.1, -0.05) is 29.3 Å². The van der Waals surface area contributed by atoms with Crippen LogP contribution in [0.3, 0.4) is 0 Å². The molecular formula is C22H23ClN2O3S. The molecule has 1 amide bonds. The van der Waals surface area contributed by atoms with Crippen LogP contribution < -0.4 is 4.74 Å². The number of halogens is 1. The second-order valence-corrected chi connectivity index (χ2v) is 7.94. The van der Waals surface area contributed by atoms with Gasteiger partial charge >= 0.3 is 0 Å². The van der Waals surface area contributed by atoms with Crippen LogP contribution in [0, 0.1) is 6.92 Å². The fourth-order valence-electron chi connectivity index (χ4n) is 2.69. The number of aryl methyl sites for hydroxylation is 1. The molecule has 29 heavy (non-hydrogen) atoms. The summed E-state index contributed by atoms with van der Waals surface area (Å²) in [6.07, 6.45) is 0. The maximum Gasteiger partial charge on any atom is 0.254 e. The van der Waals surface area contributed by atoms with Gasteiger partial charge in [-0.05, 0) is 43.3 Å². The van der Waals surface area contributed by atoms with E-state index in [1.165, 1.54) is 11.3 Å². The summed E-state index contributed by atoms with van der Waals surface area (Å²) in [5, 5.41) is 3.48. The summed E-state index contributed by atoms with van der Waals surface area (Å²) in [6, 6.07) is 14.8. The molecule has 3 aromatic rings. The number of rotatable bonds is 9. The highest BCUT2D eigenvalue weighted by atomic mass is 35.5. The molecule has 1 aromatic heterocycles. The molecule has 0 unspecified atom stereocenters. The molecule has 0 aliphatic carbocycles. The highest BCUT2D eigenvalue weighted by molar-refractivity contribution is 7.09. The van der Waals surface area contributed by atoms with Crippen molar-refractivity contribution < 1.29 is 14.3 Å². The van der Waals surface area contributed by atoms with Crippen LogP contribution in [-0.2, 0) is 17.9 Å². The molecule has 0 radical (unpaired) electrons. The number of methoxy groups -OCH3 is 1. The van der Waals surface area contributed by atoms with Crippen LogP contribution >= 0.6 is 22.9 Å². The molecule has 0 aliphatic heterocycles. The molecule has 0 aliphatic rings. The van der Waals surface area contributed by atoms with Gasteiger partial charge in [-0.2, -0.15) is 0 Å². The molecule has 0 spiro atoms. The Labute approximate surface area is 179 Å². The largest absolute Gasteiger partial charge is 0.486 e. The van der Waals surface area contributed by atoms with Crippen LogP contribution in [0.15, 0.2) is 53.9 Å². The fraction of sp³-hybridized carbons (Fsp3) is 0.273. The predicted octanol–water partition coefficient (Wildman–Crippen LogP) is 4.97. The summed E-state index contributed by atoms with van der Waals surface area (Å²) >= 11 is 7.40. The van der Waals surface area contributed by atoms with E-state index in [0.717, 1.165) is 22.0 Å². The van der Waals surface area contributed by atoms with Crippen molar-refractivity contribution in [2.75, 3.05) is 20.3 Å². The van der Waals surface area contributed by atoms with E-state index in [4.69, 9.17) is 21.1 Å². The zero-order chi connectivity index (χ0) is 20.6. The average molecular weight is 431 g/mol. The summed E-state index contributed by atoms with van der Waals surface area (Å²) < 4.78 is 10.9. The fourth-order valence-corrected chi connectivity index (χ4v) is 3.51. The van der Waals surface area contributed by atoms with E-state index >= 15 is 0 Å². The Balaban J connectivity index is 1.64. The Morgan fingerprint density at radius 2 is 1.86 bits per heavy atom. The number of carbonyl (C=O) groups excluding carboxylic acids is 1. The number of carbonyl (C=O) groups is 1. The third kappa shape index (κ3) is 6.29. The number of ether oxygens (including phenoxy) is 2. The van der Waals surface area contributed by atoms with E-state index < -0.39 is 0 Å². The molecule has 0 bridgehead atoms. The van der Waals surface area contributed by atoms with Crippen LogP contribution in [0.2, 0.25) is 5.02 Å². The zero-order valence-electron chi connectivity index (χ0n) is 16.4. The van der Waals surface area contributed by atoms with Crippen molar-refractivity contribution in [1.82, 2.24) is 9.88 Å². The minimum atomic E-state index is -0.0333. The molecular weight excluding hydrogens is 408 g/mol.